The third-order valence-electron chi connectivity index (χ3n) is 3.37. The highest BCUT2D eigenvalue weighted by molar-refractivity contribution is 4.74. The third kappa shape index (κ3) is 6.49. The molecule has 0 bridgehead atoms. The van der Waals surface area contributed by atoms with Gasteiger partial charge in [-0.05, 0) is 50.5 Å². The van der Waals surface area contributed by atoms with Crippen LogP contribution in [0.25, 0.3) is 0 Å². The lowest BCUT2D eigenvalue weighted by atomic mass is 9.87. The van der Waals surface area contributed by atoms with E-state index in [0.29, 0.717) is 5.92 Å². The molecule has 0 unspecified atom stereocenters. The molecule has 1 fully saturated rings. The minimum absolute atomic E-state index is 0.660. The molecule has 2 heteroatoms. The Bertz CT molecular complexity index is 162. The molecular formula is C14H29NO. The van der Waals surface area contributed by atoms with Crippen molar-refractivity contribution in [3.05, 3.63) is 0 Å². The Hall–Kier alpha value is -0.0800. The molecule has 0 amide bonds. The Labute approximate surface area is 101 Å². The van der Waals surface area contributed by atoms with E-state index in [-0.39, 0.29) is 0 Å². The van der Waals surface area contributed by atoms with Gasteiger partial charge in [-0.1, -0.05) is 20.8 Å². The van der Waals surface area contributed by atoms with E-state index in [4.69, 9.17) is 4.74 Å². The van der Waals surface area contributed by atoms with Crippen LogP contribution >= 0.6 is 0 Å². The largest absolute Gasteiger partial charge is 0.381 e. The smallest absolute Gasteiger partial charge is 0.0489 e. The van der Waals surface area contributed by atoms with Crippen LogP contribution in [0, 0.1) is 11.8 Å². The first-order valence-electron chi connectivity index (χ1n) is 6.99. The van der Waals surface area contributed by atoms with Gasteiger partial charge in [0.1, 0.15) is 0 Å². The van der Waals surface area contributed by atoms with Gasteiger partial charge in [-0.3, -0.25) is 0 Å². The summed E-state index contributed by atoms with van der Waals surface area (Å²) in [6.45, 7) is 9.70. The van der Waals surface area contributed by atoms with Crippen LogP contribution in [-0.2, 0) is 4.74 Å². The summed E-state index contributed by atoms with van der Waals surface area (Å²) in [4.78, 5) is 0. The molecule has 0 heterocycles. The van der Waals surface area contributed by atoms with E-state index < -0.39 is 0 Å². The summed E-state index contributed by atoms with van der Waals surface area (Å²) in [5.41, 5.74) is 0. The molecular weight excluding hydrogens is 198 g/mol. The van der Waals surface area contributed by atoms with Crippen molar-refractivity contribution in [3.8, 4) is 0 Å². The molecule has 0 spiro atoms. The summed E-state index contributed by atoms with van der Waals surface area (Å²) in [6, 6.07) is 0.779. The SMILES string of the molecule is CC(C)COCCCNC1CCC(C)CC1. The molecule has 16 heavy (non-hydrogen) atoms. The maximum absolute atomic E-state index is 5.56. The Morgan fingerprint density at radius 1 is 1.19 bits per heavy atom. The van der Waals surface area contributed by atoms with Gasteiger partial charge in [-0.15, -0.1) is 0 Å². The monoisotopic (exact) mass is 227 g/mol. The summed E-state index contributed by atoms with van der Waals surface area (Å²) >= 11 is 0. The highest BCUT2D eigenvalue weighted by Gasteiger charge is 2.16. The molecule has 0 radical (unpaired) electrons. The highest BCUT2D eigenvalue weighted by Crippen LogP contribution is 2.23. The van der Waals surface area contributed by atoms with Crippen LogP contribution in [0.3, 0.4) is 0 Å². The van der Waals surface area contributed by atoms with Crippen molar-refractivity contribution in [1.82, 2.24) is 5.32 Å². The number of nitrogens with one attached hydrogen (secondary N) is 1. The summed E-state index contributed by atoms with van der Waals surface area (Å²) in [6.07, 6.45) is 6.70. The van der Waals surface area contributed by atoms with Crippen LogP contribution in [0.15, 0.2) is 0 Å². The normalized spacial score (nSPS) is 26.2. The molecule has 0 atom stereocenters. The summed E-state index contributed by atoms with van der Waals surface area (Å²) < 4.78 is 5.56. The molecule has 0 aliphatic heterocycles. The van der Waals surface area contributed by atoms with Crippen molar-refractivity contribution in [1.29, 1.82) is 0 Å². The minimum atomic E-state index is 0.660. The predicted molar refractivity (Wildman–Crippen MR) is 69.7 cm³/mol. The lowest BCUT2D eigenvalue weighted by Crippen LogP contribution is -2.33. The average Bonchev–Trinajstić information content (AvgIpc) is 2.25. The molecule has 0 aromatic rings. The van der Waals surface area contributed by atoms with Crippen LogP contribution in [0.4, 0.5) is 0 Å². The molecule has 1 aliphatic rings. The topological polar surface area (TPSA) is 21.3 Å². The van der Waals surface area contributed by atoms with Gasteiger partial charge in [0.2, 0.25) is 0 Å². The second kappa shape index (κ2) is 8.08. The van der Waals surface area contributed by atoms with Crippen LogP contribution in [0.5, 0.6) is 0 Å². The number of hydrogen-bond acceptors (Lipinski definition) is 2. The van der Waals surface area contributed by atoms with E-state index in [1.165, 1.54) is 25.7 Å². The fourth-order valence-corrected chi connectivity index (χ4v) is 2.26. The average molecular weight is 227 g/mol. The standard InChI is InChI=1S/C14H29NO/c1-12(2)11-16-10-4-9-15-14-7-5-13(3)6-8-14/h12-15H,4-11H2,1-3H3. The summed E-state index contributed by atoms with van der Waals surface area (Å²) in [7, 11) is 0. The zero-order chi connectivity index (χ0) is 11.8. The first-order chi connectivity index (χ1) is 7.68. The van der Waals surface area contributed by atoms with Crippen LogP contribution in [0.1, 0.15) is 52.9 Å². The summed E-state index contributed by atoms with van der Waals surface area (Å²) in [5, 5.41) is 3.65. The molecule has 1 saturated carbocycles. The van der Waals surface area contributed by atoms with Crippen LogP contribution in [0.2, 0.25) is 0 Å². The van der Waals surface area contributed by atoms with Gasteiger partial charge in [0.25, 0.3) is 0 Å². The van der Waals surface area contributed by atoms with E-state index in [0.717, 1.165) is 38.1 Å². The van der Waals surface area contributed by atoms with Gasteiger partial charge in [0.05, 0.1) is 0 Å². The quantitative estimate of drug-likeness (QED) is 0.674. The van der Waals surface area contributed by atoms with E-state index >= 15 is 0 Å². The Morgan fingerprint density at radius 3 is 2.50 bits per heavy atom. The van der Waals surface area contributed by atoms with Gasteiger partial charge in [-0.25, -0.2) is 0 Å². The van der Waals surface area contributed by atoms with E-state index in [1.807, 2.05) is 0 Å². The molecule has 1 N–H and O–H groups in total. The number of ether oxygens (including phenoxy) is 1. The molecule has 0 saturated heterocycles. The fourth-order valence-electron chi connectivity index (χ4n) is 2.26. The predicted octanol–water partition coefficient (Wildman–Crippen LogP) is 3.22. The van der Waals surface area contributed by atoms with Gasteiger partial charge in [-0.2, -0.15) is 0 Å². The van der Waals surface area contributed by atoms with Crippen molar-refractivity contribution in [2.75, 3.05) is 19.8 Å². The highest BCUT2D eigenvalue weighted by atomic mass is 16.5. The first-order valence-corrected chi connectivity index (χ1v) is 6.99. The van der Waals surface area contributed by atoms with Crippen molar-refractivity contribution in [2.45, 2.75) is 58.9 Å². The second-order valence-electron chi connectivity index (χ2n) is 5.73. The van der Waals surface area contributed by atoms with E-state index in [1.54, 1.807) is 0 Å². The second-order valence-corrected chi connectivity index (χ2v) is 5.73. The maximum Gasteiger partial charge on any atom is 0.0489 e. The lowest BCUT2D eigenvalue weighted by Gasteiger charge is -2.27. The fraction of sp³-hybridized carbons (Fsp3) is 1.00. The van der Waals surface area contributed by atoms with Crippen molar-refractivity contribution in [3.63, 3.8) is 0 Å². The van der Waals surface area contributed by atoms with Crippen LogP contribution in [-0.4, -0.2) is 25.8 Å². The minimum Gasteiger partial charge on any atom is -0.381 e. The first kappa shape index (κ1) is 14.0. The van der Waals surface area contributed by atoms with E-state index in [9.17, 15) is 0 Å². The van der Waals surface area contributed by atoms with Gasteiger partial charge >= 0.3 is 0 Å². The van der Waals surface area contributed by atoms with Crippen LogP contribution < -0.4 is 5.32 Å². The van der Waals surface area contributed by atoms with Crippen molar-refractivity contribution in [2.24, 2.45) is 11.8 Å². The molecule has 0 aromatic heterocycles. The Kier molecular flexibility index (Phi) is 7.06. The number of rotatable bonds is 7. The van der Waals surface area contributed by atoms with Crippen molar-refractivity contribution >= 4 is 0 Å². The Morgan fingerprint density at radius 2 is 1.88 bits per heavy atom. The number of hydrogen-bond donors (Lipinski definition) is 1. The zero-order valence-corrected chi connectivity index (χ0v) is 11.3. The third-order valence-corrected chi connectivity index (χ3v) is 3.37. The summed E-state index contributed by atoms with van der Waals surface area (Å²) in [5.74, 6) is 1.61. The van der Waals surface area contributed by atoms with Gasteiger partial charge < -0.3 is 10.1 Å². The van der Waals surface area contributed by atoms with E-state index in [2.05, 4.69) is 26.1 Å². The van der Waals surface area contributed by atoms with Gasteiger partial charge in [0, 0.05) is 19.3 Å². The molecule has 0 aromatic carbocycles. The Balaban J connectivity index is 1.87. The lowest BCUT2D eigenvalue weighted by molar-refractivity contribution is 0.107. The molecule has 2 nitrogen and oxygen atoms in total. The van der Waals surface area contributed by atoms with Crippen molar-refractivity contribution < 1.29 is 4.74 Å². The molecule has 1 aliphatic carbocycles. The molecule has 1 rings (SSSR count). The zero-order valence-electron chi connectivity index (χ0n) is 11.3. The maximum atomic E-state index is 5.56. The van der Waals surface area contributed by atoms with Gasteiger partial charge in [0.15, 0.2) is 0 Å². The molecule has 96 valence electrons.